The van der Waals surface area contributed by atoms with Crippen molar-refractivity contribution in [1.82, 2.24) is 4.90 Å². The molecule has 0 aliphatic carbocycles. The van der Waals surface area contributed by atoms with Crippen molar-refractivity contribution in [2.24, 2.45) is 0 Å². The van der Waals surface area contributed by atoms with Gasteiger partial charge in [0.1, 0.15) is 0 Å². The van der Waals surface area contributed by atoms with Crippen LogP contribution in [0.3, 0.4) is 0 Å². The lowest BCUT2D eigenvalue weighted by atomic mass is 9.74. The summed E-state index contributed by atoms with van der Waals surface area (Å²) in [5, 5.41) is 10.9. The van der Waals surface area contributed by atoms with E-state index in [4.69, 9.17) is 0 Å². The second-order valence-electron chi connectivity index (χ2n) is 7.41. The van der Waals surface area contributed by atoms with E-state index in [2.05, 4.69) is 18.9 Å². The summed E-state index contributed by atoms with van der Waals surface area (Å²) in [4.78, 5) is 2.54. The van der Waals surface area contributed by atoms with Crippen LogP contribution < -0.4 is 0 Å². The number of rotatable bonds is 8. The Bertz CT molecular complexity index is 265. The second kappa shape index (κ2) is 7.79. The fourth-order valence-corrected chi connectivity index (χ4v) is 4.36. The highest BCUT2D eigenvalue weighted by Crippen LogP contribution is 2.40. The molecule has 2 saturated heterocycles. The Morgan fingerprint density at radius 1 is 0.950 bits per heavy atom. The molecule has 0 aromatic carbocycles. The third kappa shape index (κ3) is 4.46. The fourth-order valence-electron chi connectivity index (χ4n) is 4.36. The van der Waals surface area contributed by atoms with Gasteiger partial charge in [0.15, 0.2) is 0 Å². The van der Waals surface area contributed by atoms with Gasteiger partial charge in [-0.25, -0.2) is 0 Å². The van der Waals surface area contributed by atoms with Crippen molar-refractivity contribution in [2.45, 2.75) is 108 Å². The molecule has 2 rings (SSSR count). The molecule has 2 atom stereocenters. The Morgan fingerprint density at radius 2 is 1.50 bits per heavy atom. The lowest BCUT2D eigenvalue weighted by molar-refractivity contribution is -0.0878. The number of fused-ring (bicyclic) bond motifs is 2. The molecule has 2 heterocycles. The highest BCUT2D eigenvalue weighted by molar-refractivity contribution is 4.98. The average molecular weight is 281 g/mol. The molecular weight excluding hydrogens is 246 g/mol. The van der Waals surface area contributed by atoms with Gasteiger partial charge < -0.3 is 10.0 Å². The molecule has 2 fully saturated rings. The van der Waals surface area contributed by atoms with Crippen LogP contribution in [-0.2, 0) is 0 Å². The van der Waals surface area contributed by atoms with Crippen LogP contribution in [0.1, 0.15) is 90.4 Å². The van der Waals surface area contributed by atoms with Crippen molar-refractivity contribution in [2.75, 3.05) is 7.05 Å². The number of nitrogens with zero attached hydrogens (tertiary/aromatic N) is 1. The summed E-state index contributed by atoms with van der Waals surface area (Å²) in [7, 11) is 2.27. The van der Waals surface area contributed by atoms with Crippen molar-refractivity contribution >= 4 is 0 Å². The maximum atomic E-state index is 10.9. The van der Waals surface area contributed by atoms with Crippen molar-refractivity contribution in [3.8, 4) is 0 Å². The van der Waals surface area contributed by atoms with Gasteiger partial charge in [0.05, 0.1) is 5.60 Å². The normalized spacial score (nSPS) is 34.4. The Kier molecular flexibility index (Phi) is 6.35. The van der Waals surface area contributed by atoms with Crippen molar-refractivity contribution in [1.29, 1.82) is 0 Å². The molecule has 2 heteroatoms. The molecule has 1 N–H and O–H groups in total. The maximum Gasteiger partial charge on any atom is 0.0677 e. The fraction of sp³-hybridized carbons (Fsp3) is 1.00. The maximum absolute atomic E-state index is 10.9. The monoisotopic (exact) mass is 281 g/mol. The molecule has 20 heavy (non-hydrogen) atoms. The van der Waals surface area contributed by atoms with E-state index in [-0.39, 0.29) is 5.60 Å². The zero-order valence-corrected chi connectivity index (χ0v) is 13.7. The lowest BCUT2D eigenvalue weighted by Crippen LogP contribution is -2.56. The zero-order valence-electron chi connectivity index (χ0n) is 13.7. The third-order valence-electron chi connectivity index (χ3n) is 5.70. The molecule has 118 valence electrons. The van der Waals surface area contributed by atoms with E-state index >= 15 is 0 Å². The Balaban J connectivity index is 1.65. The summed E-state index contributed by atoms with van der Waals surface area (Å²) in [6.45, 7) is 2.27. The summed E-state index contributed by atoms with van der Waals surface area (Å²) in [5.74, 6) is 0. The molecule has 0 saturated carbocycles. The van der Waals surface area contributed by atoms with Crippen LogP contribution in [0, 0.1) is 0 Å². The van der Waals surface area contributed by atoms with Crippen molar-refractivity contribution in [3.05, 3.63) is 0 Å². The molecule has 0 spiro atoms. The van der Waals surface area contributed by atoms with Crippen LogP contribution in [0.5, 0.6) is 0 Å². The molecule has 0 aromatic rings. The standard InChI is InChI=1S/C18H35NO/c1-3-4-5-6-7-8-9-13-18(20)14-16-11-10-12-17(15-18)19(16)2/h16-17,20H,3-15H2,1-2H3. The number of unbranched alkanes of at least 4 members (excludes halogenated alkanes) is 6. The number of hydrogen-bond donors (Lipinski definition) is 1. The highest BCUT2D eigenvalue weighted by Gasteiger charge is 2.43. The lowest BCUT2D eigenvalue weighted by Gasteiger charge is -2.50. The number of hydrogen-bond acceptors (Lipinski definition) is 2. The van der Waals surface area contributed by atoms with Crippen LogP contribution in [-0.4, -0.2) is 34.7 Å². The summed E-state index contributed by atoms with van der Waals surface area (Å²) >= 11 is 0. The van der Waals surface area contributed by atoms with E-state index in [1.165, 1.54) is 64.2 Å². The molecule has 2 aliphatic heterocycles. The first-order chi connectivity index (χ1) is 9.64. The first-order valence-electron chi connectivity index (χ1n) is 9.09. The molecule has 0 amide bonds. The van der Waals surface area contributed by atoms with E-state index in [0.29, 0.717) is 12.1 Å². The van der Waals surface area contributed by atoms with E-state index < -0.39 is 0 Å². The van der Waals surface area contributed by atoms with Crippen LogP contribution >= 0.6 is 0 Å². The SMILES string of the molecule is CCCCCCCCCC1(O)CC2CCCC(C1)N2C. The predicted octanol–water partition coefficient (Wildman–Crippen LogP) is 4.50. The quantitative estimate of drug-likeness (QED) is 0.662. The van der Waals surface area contributed by atoms with E-state index in [9.17, 15) is 5.11 Å². The predicted molar refractivity (Wildman–Crippen MR) is 86.0 cm³/mol. The van der Waals surface area contributed by atoms with Gasteiger partial charge in [-0.1, -0.05) is 58.3 Å². The van der Waals surface area contributed by atoms with E-state index in [0.717, 1.165) is 19.3 Å². The van der Waals surface area contributed by atoms with Crippen LogP contribution in [0.25, 0.3) is 0 Å². The van der Waals surface area contributed by atoms with Crippen molar-refractivity contribution in [3.63, 3.8) is 0 Å². The summed E-state index contributed by atoms with van der Waals surface area (Å²) in [6.07, 6.45) is 16.5. The summed E-state index contributed by atoms with van der Waals surface area (Å²) < 4.78 is 0. The van der Waals surface area contributed by atoms with Gasteiger partial charge in [0.25, 0.3) is 0 Å². The van der Waals surface area contributed by atoms with Crippen LogP contribution in [0.15, 0.2) is 0 Å². The van der Waals surface area contributed by atoms with E-state index in [1.807, 2.05) is 0 Å². The molecule has 2 unspecified atom stereocenters. The molecule has 2 nitrogen and oxygen atoms in total. The van der Waals surface area contributed by atoms with Gasteiger partial charge in [-0.15, -0.1) is 0 Å². The summed E-state index contributed by atoms with van der Waals surface area (Å²) in [5.41, 5.74) is -0.342. The van der Waals surface area contributed by atoms with Crippen LogP contribution in [0.2, 0.25) is 0 Å². The molecule has 0 radical (unpaired) electrons. The Morgan fingerprint density at radius 3 is 2.10 bits per heavy atom. The minimum Gasteiger partial charge on any atom is -0.390 e. The van der Waals surface area contributed by atoms with E-state index in [1.54, 1.807) is 0 Å². The average Bonchev–Trinajstić information content (AvgIpc) is 2.40. The first kappa shape index (κ1) is 16.3. The topological polar surface area (TPSA) is 23.5 Å². The van der Waals surface area contributed by atoms with Gasteiger partial charge in [0.2, 0.25) is 0 Å². The minimum absolute atomic E-state index is 0.342. The zero-order chi connectivity index (χ0) is 14.4. The summed E-state index contributed by atoms with van der Waals surface area (Å²) in [6, 6.07) is 1.30. The van der Waals surface area contributed by atoms with Crippen LogP contribution in [0.4, 0.5) is 0 Å². The number of aliphatic hydroxyl groups is 1. The second-order valence-corrected chi connectivity index (χ2v) is 7.41. The van der Waals surface area contributed by atoms with Gasteiger partial charge in [-0.2, -0.15) is 0 Å². The highest BCUT2D eigenvalue weighted by atomic mass is 16.3. The smallest absolute Gasteiger partial charge is 0.0677 e. The van der Waals surface area contributed by atoms with Gasteiger partial charge in [0, 0.05) is 12.1 Å². The first-order valence-corrected chi connectivity index (χ1v) is 9.09. The molecule has 2 bridgehead atoms. The molecular formula is C18H35NO. The molecule has 2 aliphatic rings. The minimum atomic E-state index is -0.342. The third-order valence-corrected chi connectivity index (χ3v) is 5.70. The largest absolute Gasteiger partial charge is 0.390 e. The van der Waals surface area contributed by atoms with Crippen molar-refractivity contribution < 1.29 is 5.11 Å². The Hall–Kier alpha value is -0.0800. The Labute approximate surface area is 125 Å². The number of piperidine rings is 2. The van der Waals surface area contributed by atoms with Gasteiger partial charge in [-0.05, 0) is 39.2 Å². The van der Waals surface area contributed by atoms with Gasteiger partial charge >= 0.3 is 0 Å². The van der Waals surface area contributed by atoms with Gasteiger partial charge in [-0.3, -0.25) is 0 Å². The molecule has 0 aromatic heterocycles.